The number of carbonyl (C=O) groups excluding carboxylic acids is 1. The second-order valence-corrected chi connectivity index (χ2v) is 7.50. The van der Waals surface area contributed by atoms with Gasteiger partial charge in [-0.25, -0.2) is 0 Å². The molecule has 4 nitrogen and oxygen atoms in total. The Balaban J connectivity index is 1.45. The molecule has 2 heterocycles. The van der Waals surface area contributed by atoms with Gasteiger partial charge < -0.3 is 9.64 Å². The van der Waals surface area contributed by atoms with Crippen LogP contribution in [0.25, 0.3) is 0 Å². The fraction of sp³-hybridized carbons (Fsp3) is 0.455. The van der Waals surface area contributed by atoms with Gasteiger partial charge >= 0.3 is 0 Å². The van der Waals surface area contributed by atoms with Crippen molar-refractivity contribution in [3.8, 4) is 5.75 Å². The van der Waals surface area contributed by atoms with Gasteiger partial charge in [0.2, 0.25) is 5.91 Å². The number of methoxy groups -OCH3 is 1. The first-order valence-electron chi connectivity index (χ1n) is 9.57. The van der Waals surface area contributed by atoms with Crippen molar-refractivity contribution in [2.45, 2.75) is 50.0 Å². The van der Waals surface area contributed by atoms with Crippen LogP contribution >= 0.6 is 0 Å². The fourth-order valence-electron chi connectivity index (χ4n) is 4.22. The first-order chi connectivity index (χ1) is 12.7. The second-order valence-electron chi connectivity index (χ2n) is 7.50. The zero-order chi connectivity index (χ0) is 18.0. The van der Waals surface area contributed by atoms with Gasteiger partial charge in [-0.2, -0.15) is 0 Å². The minimum atomic E-state index is -0.286. The molecule has 136 valence electrons. The van der Waals surface area contributed by atoms with Crippen LogP contribution in [0.15, 0.2) is 48.8 Å². The molecule has 26 heavy (non-hydrogen) atoms. The lowest BCUT2D eigenvalue weighted by Gasteiger charge is -2.29. The molecular formula is C22H26N2O2. The first-order valence-corrected chi connectivity index (χ1v) is 9.57. The molecule has 1 aromatic carbocycles. The summed E-state index contributed by atoms with van der Waals surface area (Å²) in [6.45, 7) is 0.901. The topological polar surface area (TPSA) is 42.4 Å². The highest BCUT2D eigenvalue weighted by Gasteiger charge is 2.54. The van der Waals surface area contributed by atoms with Crippen LogP contribution in [0.4, 0.5) is 0 Å². The van der Waals surface area contributed by atoms with Crippen molar-refractivity contribution in [2.75, 3.05) is 13.7 Å². The lowest BCUT2D eigenvalue weighted by Crippen LogP contribution is -2.42. The van der Waals surface area contributed by atoms with Crippen LogP contribution < -0.4 is 4.74 Å². The molecule has 2 fully saturated rings. The summed E-state index contributed by atoms with van der Waals surface area (Å²) < 4.78 is 5.25. The van der Waals surface area contributed by atoms with Crippen molar-refractivity contribution in [1.82, 2.24) is 9.88 Å². The lowest BCUT2D eigenvalue weighted by molar-refractivity contribution is -0.134. The summed E-state index contributed by atoms with van der Waals surface area (Å²) in [5, 5.41) is 0. The summed E-state index contributed by atoms with van der Waals surface area (Å²) in [6, 6.07) is 12.6. The van der Waals surface area contributed by atoms with Crippen molar-refractivity contribution in [1.29, 1.82) is 0 Å². The normalized spacial score (nSPS) is 20.8. The maximum Gasteiger partial charge on any atom is 0.233 e. The molecule has 0 unspecified atom stereocenters. The molecule has 0 bridgehead atoms. The third kappa shape index (κ3) is 3.20. The summed E-state index contributed by atoms with van der Waals surface area (Å²) in [4.78, 5) is 19.6. The number of pyridine rings is 1. The number of benzene rings is 1. The highest BCUT2D eigenvalue weighted by atomic mass is 16.5. The molecule has 1 aliphatic carbocycles. The van der Waals surface area contributed by atoms with Crippen LogP contribution in [0.1, 0.15) is 43.2 Å². The Bertz CT molecular complexity index is 753. The van der Waals surface area contributed by atoms with E-state index in [1.807, 2.05) is 24.5 Å². The van der Waals surface area contributed by atoms with E-state index in [0.717, 1.165) is 56.4 Å². The number of aryl methyl sites for hydroxylation is 1. The number of aromatic nitrogens is 1. The first kappa shape index (κ1) is 17.1. The molecule has 4 rings (SSSR count). The average Bonchev–Trinajstić information content (AvgIpc) is 3.38. The predicted octanol–water partition coefficient (Wildman–Crippen LogP) is 3.75. The summed E-state index contributed by atoms with van der Waals surface area (Å²) in [7, 11) is 1.67. The van der Waals surface area contributed by atoms with Gasteiger partial charge in [-0.15, -0.1) is 0 Å². The highest BCUT2D eigenvalue weighted by Crippen LogP contribution is 2.50. The smallest absolute Gasteiger partial charge is 0.233 e. The summed E-state index contributed by atoms with van der Waals surface area (Å²) in [6.07, 6.45) is 9.89. The van der Waals surface area contributed by atoms with Gasteiger partial charge in [-0.1, -0.05) is 12.1 Å². The average molecular weight is 350 g/mol. The SMILES string of the molecule is COc1ccc(C2(C(=O)N3CCC[C@@H]3CCc3ccncc3)CC2)cc1. The summed E-state index contributed by atoms with van der Waals surface area (Å²) in [5.41, 5.74) is 2.16. The van der Waals surface area contributed by atoms with Gasteiger partial charge in [0.1, 0.15) is 5.75 Å². The molecular weight excluding hydrogens is 324 g/mol. The van der Waals surface area contributed by atoms with E-state index >= 15 is 0 Å². The zero-order valence-corrected chi connectivity index (χ0v) is 15.4. The number of ether oxygens (including phenoxy) is 1. The molecule has 1 amide bonds. The van der Waals surface area contributed by atoms with Crippen LogP contribution in [0, 0.1) is 0 Å². The van der Waals surface area contributed by atoms with E-state index in [2.05, 4.69) is 34.1 Å². The van der Waals surface area contributed by atoms with Gasteiger partial charge in [0.25, 0.3) is 0 Å². The van der Waals surface area contributed by atoms with Crippen molar-refractivity contribution in [3.05, 3.63) is 59.9 Å². The van der Waals surface area contributed by atoms with Crippen LogP contribution in [0.2, 0.25) is 0 Å². The van der Waals surface area contributed by atoms with Crippen molar-refractivity contribution in [3.63, 3.8) is 0 Å². The van der Waals surface area contributed by atoms with E-state index in [1.54, 1.807) is 7.11 Å². The molecule has 0 radical (unpaired) electrons. The monoisotopic (exact) mass is 350 g/mol. The van der Waals surface area contributed by atoms with Crippen LogP contribution in [0.5, 0.6) is 5.75 Å². The Morgan fingerprint density at radius 2 is 1.92 bits per heavy atom. The fourth-order valence-corrected chi connectivity index (χ4v) is 4.22. The van der Waals surface area contributed by atoms with Gasteiger partial charge in [0.05, 0.1) is 12.5 Å². The molecule has 1 aromatic heterocycles. The van der Waals surface area contributed by atoms with E-state index in [9.17, 15) is 4.79 Å². The Morgan fingerprint density at radius 1 is 1.19 bits per heavy atom. The molecule has 2 aromatic rings. The number of hydrogen-bond acceptors (Lipinski definition) is 3. The molecule has 4 heteroatoms. The van der Waals surface area contributed by atoms with Gasteiger partial charge in [-0.05, 0) is 73.9 Å². The summed E-state index contributed by atoms with van der Waals surface area (Å²) in [5.74, 6) is 1.17. The Morgan fingerprint density at radius 3 is 2.58 bits per heavy atom. The number of hydrogen-bond donors (Lipinski definition) is 0. The minimum absolute atomic E-state index is 0.286. The Hall–Kier alpha value is -2.36. The third-order valence-corrected chi connectivity index (χ3v) is 5.96. The van der Waals surface area contributed by atoms with Gasteiger partial charge in [0, 0.05) is 25.0 Å². The number of rotatable bonds is 6. The van der Waals surface area contributed by atoms with Gasteiger partial charge in [-0.3, -0.25) is 9.78 Å². The molecule has 1 aliphatic heterocycles. The largest absolute Gasteiger partial charge is 0.497 e. The van der Waals surface area contributed by atoms with E-state index < -0.39 is 0 Å². The standard InChI is InChI=1S/C22H26N2O2/c1-26-20-8-5-18(6-9-20)22(12-13-22)21(25)24-16-2-3-19(24)7-4-17-10-14-23-15-11-17/h5-6,8-11,14-15,19H,2-4,7,12-13,16H2,1H3/t19-/m1/s1. The van der Waals surface area contributed by atoms with E-state index in [-0.39, 0.29) is 5.41 Å². The lowest BCUT2D eigenvalue weighted by atomic mass is 9.93. The van der Waals surface area contributed by atoms with Crippen LogP contribution in [0.3, 0.4) is 0 Å². The van der Waals surface area contributed by atoms with Gasteiger partial charge in [0.15, 0.2) is 0 Å². The molecule has 0 N–H and O–H groups in total. The molecule has 1 saturated carbocycles. The van der Waals surface area contributed by atoms with Crippen molar-refractivity contribution in [2.24, 2.45) is 0 Å². The van der Waals surface area contributed by atoms with Crippen molar-refractivity contribution < 1.29 is 9.53 Å². The second kappa shape index (κ2) is 7.10. The van der Waals surface area contributed by atoms with E-state index in [0.29, 0.717) is 11.9 Å². The van der Waals surface area contributed by atoms with E-state index in [1.165, 1.54) is 5.56 Å². The number of nitrogens with zero attached hydrogens (tertiary/aromatic N) is 2. The van der Waals surface area contributed by atoms with Crippen molar-refractivity contribution >= 4 is 5.91 Å². The summed E-state index contributed by atoms with van der Waals surface area (Å²) >= 11 is 0. The predicted molar refractivity (Wildman–Crippen MR) is 101 cm³/mol. The Kier molecular flexibility index (Phi) is 4.66. The molecule has 1 atom stereocenters. The highest BCUT2D eigenvalue weighted by molar-refractivity contribution is 5.91. The molecule has 2 aliphatic rings. The maximum absolute atomic E-state index is 13.4. The zero-order valence-electron chi connectivity index (χ0n) is 15.4. The minimum Gasteiger partial charge on any atom is -0.497 e. The third-order valence-electron chi connectivity index (χ3n) is 5.96. The number of likely N-dealkylation sites (tertiary alicyclic amines) is 1. The maximum atomic E-state index is 13.4. The molecule has 1 saturated heterocycles. The Labute approximate surface area is 155 Å². The molecule has 0 spiro atoms. The van der Waals surface area contributed by atoms with Crippen LogP contribution in [-0.2, 0) is 16.6 Å². The number of carbonyl (C=O) groups is 1. The quantitative estimate of drug-likeness (QED) is 0.797. The number of amides is 1. The van der Waals surface area contributed by atoms with Crippen LogP contribution in [-0.4, -0.2) is 35.5 Å². The van der Waals surface area contributed by atoms with E-state index in [4.69, 9.17) is 4.74 Å².